The fourth-order valence-electron chi connectivity index (χ4n) is 2.96. The average Bonchev–Trinajstić information content (AvgIpc) is 3.03. The molecule has 1 N–H and O–H groups in total. The monoisotopic (exact) mass is 402 g/mol. The maximum atomic E-state index is 13.0. The standard InChI is InChI=1S/C19H12Cl2N2O4/c1-26-15-7-6-11(16-10-4-2-3-5-14(10)27-18(15)16)19(24)22-17-12(20)8-23(25)9-13(17)21/h2-9H,1H3,(H,22,24). The van der Waals surface area contributed by atoms with Crippen LogP contribution in [0.25, 0.3) is 21.9 Å². The molecule has 0 atom stereocenters. The molecule has 2 aromatic heterocycles. The van der Waals surface area contributed by atoms with Gasteiger partial charge in [0.15, 0.2) is 11.3 Å². The van der Waals surface area contributed by atoms with Crippen LogP contribution < -0.4 is 14.8 Å². The highest BCUT2D eigenvalue weighted by molar-refractivity contribution is 6.39. The molecular formula is C19H12Cl2N2O4. The van der Waals surface area contributed by atoms with Gasteiger partial charge in [0.25, 0.3) is 5.91 Å². The summed E-state index contributed by atoms with van der Waals surface area (Å²) in [6.07, 6.45) is 2.22. The first-order valence-electron chi connectivity index (χ1n) is 7.87. The van der Waals surface area contributed by atoms with Crippen LogP contribution in [-0.4, -0.2) is 13.0 Å². The first kappa shape index (κ1) is 17.5. The highest BCUT2D eigenvalue weighted by atomic mass is 35.5. The highest BCUT2D eigenvalue weighted by Crippen LogP contribution is 2.37. The number of pyridine rings is 1. The predicted octanol–water partition coefficient (Wildman–Crippen LogP) is 4.79. The summed E-state index contributed by atoms with van der Waals surface area (Å²) >= 11 is 12.1. The maximum Gasteiger partial charge on any atom is 0.256 e. The molecule has 0 saturated carbocycles. The molecule has 2 aromatic carbocycles. The Morgan fingerprint density at radius 2 is 1.85 bits per heavy atom. The predicted molar refractivity (Wildman–Crippen MR) is 104 cm³/mol. The van der Waals surface area contributed by atoms with Crippen molar-refractivity contribution in [2.75, 3.05) is 12.4 Å². The number of carbonyl (C=O) groups excluding carboxylic acids is 1. The quantitative estimate of drug-likeness (QED) is 0.394. The van der Waals surface area contributed by atoms with Gasteiger partial charge in [-0.1, -0.05) is 41.4 Å². The summed E-state index contributed by atoms with van der Waals surface area (Å²) in [7, 11) is 1.53. The van der Waals surface area contributed by atoms with Crippen LogP contribution in [0.2, 0.25) is 10.0 Å². The first-order chi connectivity index (χ1) is 13.0. The second-order valence-corrected chi connectivity index (χ2v) is 6.58. The second-order valence-electron chi connectivity index (χ2n) is 5.76. The van der Waals surface area contributed by atoms with Gasteiger partial charge in [-0.2, -0.15) is 4.73 Å². The number of hydrogen-bond acceptors (Lipinski definition) is 4. The average molecular weight is 403 g/mol. The van der Waals surface area contributed by atoms with Gasteiger partial charge in [0.05, 0.1) is 18.4 Å². The van der Waals surface area contributed by atoms with Crippen molar-refractivity contribution < 1.29 is 18.7 Å². The summed E-state index contributed by atoms with van der Waals surface area (Å²) in [6.45, 7) is 0. The normalized spacial score (nSPS) is 11.1. The van der Waals surface area contributed by atoms with E-state index in [1.165, 1.54) is 7.11 Å². The van der Waals surface area contributed by atoms with E-state index in [0.29, 0.717) is 32.6 Å². The van der Waals surface area contributed by atoms with Crippen LogP contribution in [0.1, 0.15) is 10.4 Å². The van der Waals surface area contributed by atoms with Crippen LogP contribution in [0.3, 0.4) is 0 Å². The molecule has 4 aromatic rings. The van der Waals surface area contributed by atoms with Crippen molar-refractivity contribution in [1.82, 2.24) is 0 Å². The molecule has 136 valence electrons. The van der Waals surface area contributed by atoms with E-state index in [4.69, 9.17) is 32.4 Å². The molecule has 0 fully saturated rings. The van der Waals surface area contributed by atoms with E-state index >= 15 is 0 Å². The van der Waals surface area contributed by atoms with E-state index in [-0.39, 0.29) is 15.7 Å². The highest BCUT2D eigenvalue weighted by Gasteiger charge is 2.21. The maximum absolute atomic E-state index is 13.0. The fraction of sp³-hybridized carbons (Fsp3) is 0.0526. The van der Waals surface area contributed by atoms with Gasteiger partial charge in [-0.3, -0.25) is 4.79 Å². The Morgan fingerprint density at radius 1 is 1.15 bits per heavy atom. The minimum absolute atomic E-state index is 0.0349. The summed E-state index contributed by atoms with van der Waals surface area (Å²) in [5.41, 5.74) is 1.62. The van der Waals surface area contributed by atoms with Crippen molar-refractivity contribution >= 4 is 56.7 Å². The Morgan fingerprint density at radius 3 is 2.56 bits per heavy atom. The molecule has 2 heterocycles. The van der Waals surface area contributed by atoms with E-state index < -0.39 is 5.91 Å². The zero-order valence-electron chi connectivity index (χ0n) is 14.0. The minimum atomic E-state index is -0.443. The van der Waals surface area contributed by atoms with E-state index in [1.807, 2.05) is 24.3 Å². The largest absolute Gasteiger partial charge is 0.619 e. The lowest BCUT2D eigenvalue weighted by molar-refractivity contribution is -0.605. The lowest BCUT2D eigenvalue weighted by Crippen LogP contribution is -2.25. The molecule has 6 nitrogen and oxygen atoms in total. The second kappa shape index (κ2) is 6.64. The summed E-state index contributed by atoms with van der Waals surface area (Å²) < 4.78 is 11.7. The number of hydrogen-bond donors (Lipinski definition) is 1. The molecule has 0 unspecified atom stereocenters. The van der Waals surface area contributed by atoms with E-state index in [2.05, 4.69) is 5.32 Å². The van der Waals surface area contributed by atoms with Crippen LogP contribution in [0.5, 0.6) is 5.75 Å². The van der Waals surface area contributed by atoms with Crippen molar-refractivity contribution in [3.8, 4) is 5.75 Å². The third-order valence-corrected chi connectivity index (χ3v) is 4.73. The molecule has 1 amide bonds. The van der Waals surface area contributed by atoms with Crippen LogP contribution in [-0.2, 0) is 0 Å². The van der Waals surface area contributed by atoms with E-state index in [0.717, 1.165) is 17.8 Å². The Balaban J connectivity index is 1.88. The van der Waals surface area contributed by atoms with E-state index in [9.17, 15) is 10.0 Å². The molecule has 0 radical (unpaired) electrons. The number of methoxy groups -OCH3 is 1. The molecular weight excluding hydrogens is 391 g/mol. The fourth-order valence-corrected chi connectivity index (χ4v) is 3.50. The Bertz CT molecular complexity index is 1180. The number of rotatable bonds is 3. The van der Waals surface area contributed by atoms with Gasteiger partial charge in [0.2, 0.25) is 12.4 Å². The summed E-state index contributed by atoms with van der Waals surface area (Å²) in [5.74, 6) is 0.0718. The number of carbonyl (C=O) groups is 1. The molecule has 27 heavy (non-hydrogen) atoms. The summed E-state index contributed by atoms with van der Waals surface area (Å²) in [4.78, 5) is 13.0. The summed E-state index contributed by atoms with van der Waals surface area (Å²) in [6, 6.07) is 10.7. The number of benzene rings is 2. The van der Waals surface area contributed by atoms with Crippen molar-refractivity contribution in [1.29, 1.82) is 0 Å². The number of nitrogens with one attached hydrogen (secondary N) is 1. The number of nitrogens with zero attached hydrogens (tertiary/aromatic N) is 1. The number of anilines is 1. The Labute approximate surface area is 163 Å². The number of ether oxygens (including phenoxy) is 1. The van der Waals surface area contributed by atoms with Crippen molar-refractivity contribution in [2.24, 2.45) is 0 Å². The number of para-hydroxylation sites is 1. The van der Waals surface area contributed by atoms with Crippen LogP contribution in [0, 0.1) is 5.21 Å². The topological polar surface area (TPSA) is 78.4 Å². The van der Waals surface area contributed by atoms with Crippen LogP contribution in [0.4, 0.5) is 5.69 Å². The smallest absolute Gasteiger partial charge is 0.256 e. The lowest BCUT2D eigenvalue weighted by atomic mass is 10.0. The van der Waals surface area contributed by atoms with Crippen molar-refractivity contribution in [3.63, 3.8) is 0 Å². The molecule has 0 aliphatic heterocycles. The van der Waals surface area contributed by atoms with Gasteiger partial charge in [0, 0.05) is 10.8 Å². The van der Waals surface area contributed by atoms with Gasteiger partial charge in [0.1, 0.15) is 15.6 Å². The number of amides is 1. The van der Waals surface area contributed by atoms with Crippen LogP contribution >= 0.6 is 23.2 Å². The zero-order chi connectivity index (χ0) is 19.1. The van der Waals surface area contributed by atoms with Gasteiger partial charge in [-0.15, -0.1) is 0 Å². The van der Waals surface area contributed by atoms with Crippen molar-refractivity contribution in [3.05, 3.63) is 69.6 Å². The molecule has 8 heteroatoms. The third kappa shape index (κ3) is 2.93. The van der Waals surface area contributed by atoms with E-state index in [1.54, 1.807) is 12.1 Å². The van der Waals surface area contributed by atoms with Crippen LogP contribution in [0.15, 0.2) is 53.2 Å². The van der Waals surface area contributed by atoms with Crippen molar-refractivity contribution in [2.45, 2.75) is 0 Å². The first-order valence-corrected chi connectivity index (χ1v) is 8.62. The van der Waals surface area contributed by atoms with Gasteiger partial charge < -0.3 is 19.7 Å². The summed E-state index contributed by atoms with van der Waals surface area (Å²) in [5, 5.41) is 15.5. The molecule has 0 aliphatic carbocycles. The Hall–Kier alpha value is -2.96. The SMILES string of the molecule is COc1ccc(C(=O)Nc2c(Cl)c[n+]([O-])cc2Cl)c2c1oc1ccccc12. The van der Waals surface area contributed by atoms with Gasteiger partial charge in [-0.05, 0) is 18.2 Å². The number of aromatic nitrogens is 1. The molecule has 0 saturated heterocycles. The zero-order valence-corrected chi connectivity index (χ0v) is 15.5. The van der Waals surface area contributed by atoms with Gasteiger partial charge in [-0.25, -0.2) is 0 Å². The molecule has 0 bridgehead atoms. The number of halogens is 2. The Kier molecular flexibility index (Phi) is 4.30. The molecule has 0 aliphatic rings. The lowest BCUT2D eigenvalue weighted by Gasteiger charge is -2.10. The molecule has 0 spiro atoms. The minimum Gasteiger partial charge on any atom is -0.619 e. The molecule has 4 rings (SSSR count). The van der Waals surface area contributed by atoms with Gasteiger partial charge >= 0.3 is 0 Å². The number of fused-ring (bicyclic) bond motifs is 3. The number of furan rings is 1. The third-order valence-electron chi connectivity index (χ3n) is 4.15.